The highest BCUT2D eigenvalue weighted by atomic mass is 35.5. The molecule has 2 rings (SSSR count). The normalized spacial score (nSPS) is 13.1. The maximum Gasteiger partial charge on any atom is 0.407 e. The summed E-state index contributed by atoms with van der Waals surface area (Å²) < 4.78 is 5.06. The van der Waals surface area contributed by atoms with Crippen LogP contribution in [-0.2, 0) is 18.0 Å². The molecule has 0 spiro atoms. The lowest BCUT2D eigenvalue weighted by molar-refractivity contribution is 0.0125. The number of alkyl carbamates (subject to hydrolysis) is 1. The third-order valence-electron chi connectivity index (χ3n) is 3.88. The van der Waals surface area contributed by atoms with Crippen LogP contribution in [0.2, 0.25) is 5.02 Å². The van der Waals surface area contributed by atoms with E-state index in [-0.39, 0.29) is 26.2 Å². The monoisotopic (exact) mass is 379 g/mol. The maximum atomic E-state index is 11.7. The fourth-order valence-corrected chi connectivity index (χ4v) is 2.66. The predicted molar refractivity (Wildman–Crippen MR) is 97.6 cm³/mol. The van der Waals surface area contributed by atoms with Gasteiger partial charge in [-0.3, -0.25) is 0 Å². The van der Waals surface area contributed by atoms with Gasteiger partial charge in [-0.2, -0.15) is 0 Å². The van der Waals surface area contributed by atoms with Crippen molar-refractivity contribution >= 4 is 17.7 Å². The molecule has 0 aliphatic rings. The average Bonchev–Trinajstić information content (AvgIpc) is 2.66. The van der Waals surface area contributed by atoms with E-state index in [9.17, 15) is 20.1 Å². The van der Waals surface area contributed by atoms with E-state index in [0.717, 1.165) is 5.56 Å². The highest BCUT2D eigenvalue weighted by Crippen LogP contribution is 2.25. The summed E-state index contributed by atoms with van der Waals surface area (Å²) in [7, 11) is 0. The quantitative estimate of drug-likeness (QED) is 0.565. The first-order chi connectivity index (χ1) is 12.5. The van der Waals surface area contributed by atoms with Crippen molar-refractivity contribution in [3.05, 3.63) is 70.2 Å². The summed E-state index contributed by atoms with van der Waals surface area (Å²) in [6, 6.07) is 13.9. The fraction of sp³-hybridized carbons (Fsp3) is 0.316. The Kier molecular flexibility index (Phi) is 7.87. The van der Waals surface area contributed by atoms with E-state index in [2.05, 4.69) is 5.32 Å². The molecule has 0 saturated carbocycles. The summed E-state index contributed by atoms with van der Waals surface area (Å²) in [5, 5.41) is 32.7. The average molecular weight is 380 g/mol. The SMILES string of the molecule is O=C(NCCC(O)C(O)c1ccc(Cl)cc1CO)OCc1ccccc1. The minimum atomic E-state index is -1.20. The van der Waals surface area contributed by atoms with Gasteiger partial charge in [-0.25, -0.2) is 4.79 Å². The first-order valence-electron chi connectivity index (χ1n) is 8.21. The fourth-order valence-electron chi connectivity index (χ4n) is 2.46. The number of rotatable bonds is 8. The third-order valence-corrected chi connectivity index (χ3v) is 4.12. The Morgan fingerprint density at radius 1 is 1.15 bits per heavy atom. The Morgan fingerprint density at radius 2 is 1.88 bits per heavy atom. The van der Waals surface area contributed by atoms with Gasteiger partial charge in [0.1, 0.15) is 12.7 Å². The van der Waals surface area contributed by atoms with Crippen LogP contribution in [0.1, 0.15) is 29.2 Å². The highest BCUT2D eigenvalue weighted by Gasteiger charge is 2.21. The number of nitrogens with one attached hydrogen (secondary N) is 1. The van der Waals surface area contributed by atoms with Crippen LogP contribution in [0.5, 0.6) is 0 Å². The van der Waals surface area contributed by atoms with Gasteiger partial charge in [0.05, 0.1) is 12.7 Å². The van der Waals surface area contributed by atoms with Gasteiger partial charge < -0.3 is 25.4 Å². The van der Waals surface area contributed by atoms with E-state index < -0.39 is 18.3 Å². The van der Waals surface area contributed by atoms with Crippen molar-refractivity contribution in [3.63, 3.8) is 0 Å². The summed E-state index contributed by atoms with van der Waals surface area (Å²) in [6.45, 7) is -0.0138. The molecular weight excluding hydrogens is 358 g/mol. The van der Waals surface area contributed by atoms with E-state index in [0.29, 0.717) is 16.1 Å². The first kappa shape index (κ1) is 20.2. The van der Waals surface area contributed by atoms with E-state index in [1.165, 1.54) is 6.07 Å². The highest BCUT2D eigenvalue weighted by molar-refractivity contribution is 6.30. The number of hydrogen-bond donors (Lipinski definition) is 4. The molecule has 0 aliphatic heterocycles. The summed E-state index contributed by atoms with van der Waals surface area (Å²) in [5.74, 6) is 0. The number of aliphatic hydroxyl groups is 3. The molecule has 0 fully saturated rings. The predicted octanol–water partition coefficient (Wildman–Crippen LogP) is 2.54. The van der Waals surface area contributed by atoms with Crippen molar-refractivity contribution in [2.24, 2.45) is 0 Å². The van der Waals surface area contributed by atoms with Crippen LogP contribution >= 0.6 is 11.6 Å². The van der Waals surface area contributed by atoms with Crippen LogP contribution in [0, 0.1) is 0 Å². The molecule has 6 nitrogen and oxygen atoms in total. The lowest BCUT2D eigenvalue weighted by Crippen LogP contribution is -2.30. The van der Waals surface area contributed by atoms with Crippen LogP contribution in [0.15, 0.2) is 48.5 Å². The molecule has 7 heteroatoms. The Morgan fingerprint density at radius 3 is 2.58 bits per heavy atom. The smallest absolute Gasteiger partial charge is 0.407 e. The maximum absolute atomic E-state index is 11.7. The summed E-state index contributed by atoms with van der Waals surface area (Å²) in [5.41, 5.74) is 1.72. The van der Waals surface area contributed by atoms with Crippen LogP contribution < -0.4 is 5.32 Å². The van der Waals surface area contributed by atoms with Crippen LogP contribution in [0.25, 0.3) is 0 Å². The van der Waals surface area contributed by atoms with Crippen LogP contribution in [0.3, 0.4) is 0 Å². The molecule has 0 aliphatic carbocycles. The number of carbonyl (C=O) groups excluding carboxylic acids is 1. The Hall–Kier alpha value is -2.12. The molecule has 0 saturated heterocycles. The molecule has 1 amide bonds. The van der Waals surface area contributed by atoms with Gasteiger partial charge in [0.25, 0.3) is 0 Å². The van der Waals surface area contributed by atoms with E-state index in [1.54, 1.807) is 12.1 Å². The topological polar surface area (TPSA) is 99.0 Å². The molecule has 0 heterocycles. The third kappa shape index (κ3) is 6.00. The Bertz CT molecular complexity index is 710. The van der Waals surface area contributed by atoms with Crippen LogP contribution in [-0.4, -0.2) is 34.1 Å². The van der Waals surface area contributed by atoms with E-state index >= 15 is 0 Å². The molecule has 4 N–H and O–H groups in total. The number of aliphatic hydroxyl groups excluding tert-OH is 3. The molecule has 0 bridgehead atoms. The van der Waals surface area contributed by atoms with Gasteiger partial charge in [-0.15, -0.1) is 0 Å². The number of amides is 1. The van der Waals surface area contributed by atoms with Gasteiger partial charge in [-0.1, -0.05) is 48.0 Å². The summed E-state index contributed by atoms with van der Waals surface area (Å²) in [4.78, 5) is 11.7. The van der Waals surface area contributed by atoms with E-state index in [1.807, 2.05) is 30.3 Å². The number of benzene rings is 2. The molecule has 140 valence electrons. The van der Waals surface area contributed by atoms with Crippen molar-refractivity contribution in [1.29, 1.82) is 0 Å². The van der Waals surface area contributed by atoms with Crippen molar-refractivity contribution in [3.8, 4) is 0 Å². The van der Waals surface area contributed by atoms with Gasteiger partial charge >= 0.3 is 6.09 Å². The zero-order valence-corrected chi connectivity index (χ0v) is 14.9. The minimum Gasteiger partial charge on any atom is -0.445 e. The zero-order valence-electron chi connectivity index (χ0n) is 14.1. The lowest BCUT2D eigenvalue weighted by Gasteiger charge is -2.20. The Labute approximate surface area is 157 Å². The second kappa shape index (κ2) is 10.1. The van der Waals surface area contributed by atoms with Gasteiger partial charge in [0.2, 0.25) is 0 Å². The molecule has 2 atom stereocenters. The van der Waals surface area contributed by atoms with Crippen molar-refractivity contribution < 1.29 is 24.9 Å². The van der Waals surface area contributed by atoms with Gasteiger partial charge in [0.15, 0.2) is 0 Å². The van der Waals surface area contributed by atoms with E-state index in [4.69, 9.17) is 16.3 Å². The van der Waals surface area contributed by atoms with Gasteiger partial charge in [-0.05, 0) is 35.2 Å². The van der Waals surface area contributed by atoms with Crippen molar-refractivity contribution in [2.45, 2.75) is 31.8 Å². The summed E-state index contributed by atoms with van der Waals surface area (Å²) >= 11 is 5.86. The largest absolute Gasteiger partial charge is 0.445 e. The standard InChI is InChI=1S/C19H22ClNO5/c20-15-6-7-16(14(10-15)11-22)18(24)17(23)8-9-21-19(25)26-12-13-4-2-1-3-5-13/h1-7,10,17-18,22-24H,8-9,11-12H2,(H,21,25). The number of carbonyl (C=O) groups is 1. The zero-order chi connectivity index (χ0) is 18.9. The Balaban J connectivity index is 1.77. The molecule has 2 aromatic carbocycles. The second-order valence-corrected chi connectivity index (χ2v) is 6.23. The number of halogens is 1. The first-order valence-corrected chi connectivity index (χ1v) is 8.59. The molecule has 0 aromatic heterocycles. The number of ether oxygens (including phenoxy) is 1. The minimum absolute atomic E-state index is 0.120. The van der Waals surface area contributed by atoms with Crippen molar-refractivity contribution in [1.82, 2.24) is 5.32 Å². The molecule has 2 aromatic rings. The van der Waals surface area contributed by atoms with Crippen molar-refractivity contribution in [2.75, 3.05) is 6.54 Å². The molecule has 26 heavy (non-hydrogen) atoms. The molecule has 2 unspecified atom stereocenters. The van der Waals surface area contributed by atoms with Crippen LogP contribution in [0.4, 0.5) is 4.79 Å². The molecule has 0 radical (unpaired) electrons. The van der Waals surface area contributed by atoms with Gasteiger partial charge in [0, 0.05) is 11.6 Å². The lowest BCUT2D eigenvalue weighted by atomic mass is 9.97. The number of hydrogen-bond acceptors (Lipinski definition) is 5. The molecular formula is C19H22ClNO5. The summed E-state index contributed by atoms with van der Waals surface area (Å²) in [6.07, 6.45) is -2.79. The second-order valence-electron chi connectivity index (χ2n) is 5.79.